The van der Waals surface area contributed by atoms with Crippen LogP contribution < -0.4 is 11.1 Å². The number of halogens is 1. The van der Waals surface area contributed by atoms with Gasteiger partial charge in [0.2, 0.25) is 5.91 Å². The lowest BCUT2D eigenvalue weighted by Crippen LogP contribution is -2.53. The number of nitrogens with one attached hydrogen (secondary N) is 1. The number of amides is 1. The highest BCUT2D eigenvalue weighted by Crippen LogP contribution is 2.39. The van der Waals surface area contributed by atoms with Crippen LogP contribution >= 0.6 is 12.4 Å². The minimum atomic E-state index is -0.138. The fraction of sp³-hybridized carbons (Fsp3) is 0.917. The summed E-state index contributed by atoms with van der Waals surface area (Å²) in [6.07, 6.45) is 6.91. The molecule has 0 aliphatic heterocycles. The molecule has 94 valence electrons. The third-order valence-electron chi connectivity index (χ3n) is 4.03. The lowest BCUT2D eigenvalue weighted by Gasteiger charge is -2.32. The van der Waals surface area contributed by atoms with Gasteiger partial charge >= 0.3 is 0 Å². The van der Waals surface area contributed by atoms with E-state index in [1.807, 2.05) is 0 Å². The van der Waals surface area contributed by atoms with Gasteiger partial charge in [0, 0.05) is 13.0 Å². The average molecular weight is 247 g/mol. The van der Waals surface area contributed by atoms with Crippen molar-refractivity contribution in [3.63, 3.8) is 0 Å². The fourth-order valence-electron chi connectivity index (χ4n) is 2.37. The molecule has 1 atom stereocenters. The molecule has 2 aliphatic carbocycles. The summed E-state index contributed by atoms with van der Waals surface area (Å²) >= 11 is 0. The summed E-state index contributed by atoms with van der Waals surface area (Å²) in [4.78, 5) is 11.8. The highest BCUT2D eigenvalue weighted by atomic mass is 35.5. The second kappa shape index (κ2) is 5.37. The van der Waals surface area contributed by atoms with Crippen molar-refractivity contribution in [3.8, 4) is 0 Å². The van der Waals surface area contributed by atoms with Crippen molar-refractivity contribution >= 4 is 18.3 Å². The van der Waals surface area contributed by atoms with Crippen LogP contribution in [-0.2, 0) is 4.79 Å². The molecule has 16 heavy (non-hydrogen) atoms. The first-order valence-corrected chi connectivity index (χ1v) is 6.15. The van der Waals surface area contributed by atoms with E-state index in [4.69, 9.17) is 5.73 Å². The molecule has 0 spiro atoms. The highest BCUT2D eigenvalue weighted by molar-refractivity contribution is 5.85. The quantitative estimate of drug-likeness (QED) is 0.778. The van der Waals surface area contributed by atoms with Gasteiger partial charge in [-0.1, -0.05) is 6.42 Å². The Hall–Kier alpha value is -0.280. The molecular weight excluding hydrogens is 224 g/mol. The van der Waals surface area contributed by atoms with Gasteiger partial charge in [0.25, 0.3) is 0 Å². The van der Waals surface area contributed by atoms with Crippen molar-refractivity contribution in [2.45, 2.75) is 51.0 Å². The molecule has 2 fully saturated rings. The van der Waals surface area contributed by atoms with Crippen molar-refractivity contribution < 1.29 is 4.79 Å². The minimum Gasteiger partial charge on any atom is -0.349 e. The Labute approximate surface area is 104 Å². The predicted octanol–water partition coefficient (Wildman–Crippen LogP) is 1.84. The zero-order valence-electron chi connectivity index (χ0n) is 10.00. The zero-order valence-corrected chi connectivity index (χ0v) is 10.8. The van der Waals surface area contributed by atoms with E-state index < -0.39 is 0 Å². The topological polar surface area (TPSA) is 55.1 Å². The van der Waals surface area contributed by atoms with Gasteiger partial charge < -0.3 is 11.1 Å². The van der Waals surface area contributed by atoms with E-state index in [2.05, 4.69) is 12.2 Å². The largest absolute Gasteiger partial charge is 0.349 e. The van der Waals surface area contributed by atoms with Crippen molar-refractivity contribution in [1.82, 2.24) is 5.32 Å². The molecule has 0 bridgehead atoms. The number of carbonyl (C=O) groups is 1. The first-order valence-electron chi connectivity index (χ1n) is 6.15. The molecule has 0 aromatic carbocycles. The third-order valence-corrected chi connectivity index (χ3v) is 4.03. The summed E-state index contributed by atoms with van der Waals surface area (Å²) < 4.78 is 0. The van der Waals surface area contributed by atoms with Crippen molar-refractivity contribution in [2.75, 3.05) is 6.54 Å². The van der Waals surface area contributed by atoms with E-state index in [1.165, 1.54) is 32.1 Å². The van der Waals surface area contributed by atoms with Gasteiger partial charge in [0.15, 0.2) is 0 Å². The van der Waals surface area contributed by atoms with Crippen LogP contribution in [0.2, 0.25) is 0 Å². The van der Waals surface area contributed by atoms with Crippen LogP contribution in [0.3, 0.4) is 0 Å². The molecule has 1 amide bonds. The molecule has 2 aliphatic rings. The van der Waals surface area contributed by atoms with Crippen molar-refractivity contribution in [1.29, 1.82) is 0 Å². The number of carbonyl (C=O) groups excluding carboxylic acids is 1. The van der Waals surface area contributed by atoms with Crippen LogP contribution in [-0.4, -0.2) is 18.0 Å². The first kappa shape index (κ1) is 13.8. The summed E-state index contributed by atoms with van der Waals surface area (Å²) in [6, 6.07) is 0. The average Bonchev–Trinajstić information content (AvgIpc) is 2.94. The Morgan fingerprint density at radius 2 is 2.00 bits per heavy atom. The van der Waals surface area contributed by atoms with E-state index in [1.54, 1.807) is 0 Å². The molecule has 1 unspecified atom stereocenters. The Morgan fingerprint density at radius 1 is 1.38 bits per heavy atom. The van der Waals surface area contributed by atoms with Gasteiger partial charge in [0.1, 0.15) is 0 Å². The van der Waals surface area contributed by atoms with E-state index in [0.717, 1.165) is 0 Å². The summed E-state index contributed by atoms with van der Waals surface area (Å²) in [5.41, 5.74) is 5.62. The van der Waals surface area contributed by atoms with E-state index >= 15 is 0 Å². The van der Waals surface area contributed by atoms with Gasteiger partial charge in [-0.15, -0.1) is 12.4 Å². The molecule has 0 saturated heterocycles. The normalized spacial score (nSPS) is 23.9. The fourth-order valence-corrected chi connectivity index (χ4v) is 2.37. The molecule has 0 heterocycles. The number of nitrogens with two attached hydrogens (primary N) is 1. The van der Waals surface area contributed by atoms with Crippen molar-refractivity contribution in [2.24, 2.45) is 17.6 Å². The smallest absolute Gasteiger partial charge is 0.220 e. The van der Waals surface area contributed by atoms with Crippen molar-refractivity contribution in [3.05, 3.63) is 0 Å². The van der Waals surface area contributed by atoms with Crippen LogP contribution in [0.4, 0.5) is 0 Å². The Morgan fingerprint density at radius 3 is 2.38 bits per heavy atom. The number of hydrogen-bond donors (Lipinski definition) is 2. The molecule has 0 radical (unpaired) electrons. The van der Waals surface area contributed by atoms with Gasteiger partial charge in [-0.2, -0.15) is 0 Å². The van der Waals surface area contributed by atoms with Crippen LogP contribution in [0.25, 0.3) is 0 Å². The zero-order chi connectivity index (χ0) is 10.9. The lowest BCUT2D eigenvalue weighted by molar-refractivity contribution is -0.124. The predicted molar refractivity (Wildman–Crippen MR) is 67.5 cm³/mol. The SMILES string of the molecule is CC(CN)(NC(=O)CC1CCC1)C1CC1.Cl. The maximum atomic E-state index is 11.8. The molecule has 3 nitrogen and oxygen atoms in total. The van der Waals surface area contributed by atoms with E-state index in [9.17, 15) is 4.79 Å². The Balaban J connectivity index is 0.00000128. The third kappa shape index (κ3) is 3.11. The summed E-state index contributed by atoms with van der Waals surface area (Å²) in [7, 11) is 0. The molecule has 3 N–H and O–H groups in total. The Kier molecular flexibility index (Phi) is 4.62. The van der Waals surface area contributed by atoms with Gasteiger partial charge in [-0.05, 0) is 44.4 Å². The second-order valence-corrected chi connectivity index (χ2v) is 5.45. The molecule has 2 rings (SSSR count). The monoisotopic (exact) mass is 246 g/mol. The number of hydrogen-bond acceptors (Lipinski definition) is 2. The maximum Gasteiger partial charge on any atom is 0.220 e. The first-order chi connectivity index (χ1) is 7.14. The van der Waals surface area contributed by atoms with Crippen LogP contribution in [0, 0.1) is 11.8 Å². The summed E-state index contributed by atoms with van der Waals surface area (Å²) in [5, 5.41) is 3.14. The van der Waals surface area contributed by atoms with Gasteiger partial charge in [-0.3, -0.25) is 4.79 Å². The summed E-state index contributed by atoms with van der Waals surface area (Å²) in [5.74, 6) is 1.47. The molecule has 0 aromatic rings. The lowest BCUT2D eigenvalue weighted by atomic mass is 9.82. The van der Waals surface area contributed by atoms with Crippen LogP contribution in [0.1, 0.15) is 45.4 Å². The molecule has 0 aromatic heterocycles. The minimum absolute atomic E-state index is 0. The molecular formula is C12H23ClN2O. The molecule has 2 saturated carbocycles. The second-order valence-electron chi connectivity index (χ2n) is 5.45. The maximum absolute atomic E-state index is 11.8. The standard InChI is InChI=1S/C12H22N2O.ClH/c1-12(8-13,10-5-6-10)14-11(15)7-9-3-2-4-9;/h9-10H,2-8,13H2,1H3,(H,14,15);1H. The van der Waals surface area contributed by atoms with Crippen LogP contribution in [0.5, 0.6) is 0 Å². The Bertz CT molecular complexity index is 251. The molecule has 4 heteroatoms. The van der Waals surface area contributed by atoms with Gasteiger partial charge in [-0.25, -0.2) is 0 Å². The number of rotatable bonds is 5. The summed E-state index contributed by atoms with van der Waals surface area (Å²) in [6.45, 7) is 2.65. The van der Waals surface area contributed by atoms with Gasteiger partial charge in [0.05, 0.1) is 5.54 Å². The van der Waals surface area contributed by atoms with E-state index in [0.29, 0.717) is 24.8 Å². The van der Waals surface area contributed by atoms with Crippen LogP contribution in [0.15, 0.2) is 0 Å². The van der Waals surface area contributed by atoms with E-state index in [-0.39, 0.29) is 23.9 Å². The highest BCUT2D eigenvalue weighted by Gasteiger charge is 2.41.